The second-order valence-electron chi connectivity index (χ2n) is 9.33. The van der Waals surface area contributed by atoms with Gasteiger partial charge in [-0.3, -0.25) is 9.62 Å². The molecule has 0 bridgehead atoms. The summed E-state index contributed by atoms with van der Waals surface area (Å²) in [5, 5.41) is 0. The number of unbranched alkanes of at least 4 members (excludes halogenated alkanes) is 3. The van der Waals surface area contributed by atoms with Crippen molar-refractivity contribution in [2.75, 3.05) is 17.9 Å². The molecule has 0 saturated carbocycles. The standard InChI is InChI=1S/C28H31F3N2O3S/c1-2-3-4-5-12-36-25-7-9-28(27(31)17-25)32-37(34,35)26-8-6-22-19-33(11-10-21(22)15-26)18-20-13-23(29)16-24(30)14-20/h6-9,13-17,32H,2-5,10-12,18-19H2,1H3. The van der Waals surface area contributed by atoms with Crippen molar-refractivity contribution in [2.24, 2.45) is 0 Å². The van der Waals surface area contributed by atoms with Gasteiger partial charge in [0.05, 0.1) is 17.2 Å². The van der Waals surface area contributed by atoms with Gasteiger partial charge in [0.2, 0.25) is 0 Å². The van der Waals surface area contributed by atoms with Gasteiger partial charge in [0.25, 0.3) is 10.0 Å². The van der Waals surface area contributed by atoms with Crippen molar-refractivity contribution in [1.82, 2.24) is 4.90 Å². The molecule has 0 spiro atoms. The Balaban J connectivity index is 1.39. The van der Waals surface area contributed by atoms with Crippen LogP contribution in [0.25, 0.3) is 0 Å². The van der Waals surface area contributed by atoms with Gasteiger partial charge in [0.15, 0.2) is 5.82 Å². The highest BCUT2D eigenvalue weighted by Gasteiger charge is 2.22. The van der Waals surface area contributed by atoms with Crippen LogP contribution in [0.3, 0.4) is 0 Å². The molecule has 0 amide bonds. The largest absolute Gasteiger partial charge is 0.493 e. The summed E-state index contributed by atoms with van der Waals surface area (Å²) in [6, 6.07) is 12.4. The summed E-state index contributed by atoms with van der Waals surface area (Å²) in [5.41, 5.74) is 2.20. The normalized spacial score (nSPS) is 13.8. The molecular formula is C28H31F3N2O3S. The Bertz CT molecular complexity index is 1330. The van der Waals surface area contributed by atoms with Crippen LogP contribution in [-0.2, 0) is 29.5 Å². The first-order chi connectivity index (χ1) is 17.7. The maximum Gasteiger partial charge on any atom is 0.261 e. The number of benzene rings is 3. The number of fused-ring (bicyclic) bond motifs is 1. The fraction of sp³-hybridized carbons (Fsp3) is 0.357. The maximum atomic E-state index is 14.6. The lowest BCUT2D eigenvalue weighted by Crippen LogP contribution is -2.30. The number of anilines is 1. The van der Waals surface area contributed by atoms with E-state index in [0.717, 1.165) is 42.9 Å². The molecule has 3 aromatic rings. The van der Waals surface area contributed by atoms with Gasteiger partial charge >= 0.3 is 0 Å². The summed E-state index contributed by atoms with van der Waals surface area (Å²) in [6.45, 7) is 4.12. The van der Waals surface area contributed by atoms with Crippen LogP contribution in [0, 0.1) is 17.5 Å². The SMILES string of the molecule is CCCCCCOc1ccc(NS(=O)(=O)c2ccc3c(c2)CCN(Cc2cc(F)cc(F)c2)C3)c(F)c1. The molecule has 0 saturated heterocycles. The summed E-state index contributed by atoms with van der Waals surface area (Å²) in [6.07, 6.45) is 4.74. The Morgan fingerprint density at radius 2 is 1.70 bits per heavy atom. The van der Waals surface area contributed by atoms with Crippen molar-refractivity contribution < 1.29 is 26.3 Å². The lowest BCUT2D eigenvalue weighted by Gasteiger charge is -2.29. The van der Waals surface area contributed by atoms with Crippen LogP contribution < -0.4 is 9.46 Å². The Hall–Kier alpha value is -3.04. The number of nitrogens with zero attached hydrogens (tertiary/aromatic N) is 1. The second-order valence-corrected chi connectivity index (χ2v) is 11.0. The highest BCUT2D eigenvalue weighted by atomic mass is 32.2. The zero-order valence-corrected chi connectivity index (χ0v) is 21.6. The van der Waals surface area contributed by atoms with Crippen LogP contribution in [0.2, 0.25) is 0 Å². The highest BCUT2D eigenvalue weighted by Crippen LogP contribution is 2.27. The third kappa shape index (κ3) is 7.26. The fourth-order valence-electron chi connectivity index (χ4n) is 4.44. The first kappa shape index (κ1) is 27.0. The molecule has 0 fully saturated rings. The van der Waals surface area contributed by atoms with Gasteiger partial charge < -0.3 is 4.74 Å². The van der Waals surface area contributed by atoms with E-state index in [2.05, 4.69) is 11.6 Å². The molecule has 9 heteroatoms. The summed E-state index contributed by atoms with van der Waals surface area (Å²) >= 11 is 0. The van der Waals surface area contributed by atoms with Crippen LogP contribution in [-0.4, -0.2) is 26.5 Å². The lowest BCUT2D eigenvalue weighted by atomic mass is 9.99. The summed E-state index contributed by atoms with van der Waals surface area (Å²) in [5.74, 6) is -1.58. The zero-order chi connectivity index (χ0) is 26.4. The topological polar surface area (TPSA) is 58.6 Å². The average Bonchev–Trinajstić information content (AvgIpc) is 2.84. The van der Waals surface area contributed by atoms with Crippen molar-refractivity contribution in [1.29, 1.82) is 0 Å². The maximum absolute atomic E-state index is 14.6. The number of sulfonamides is 1. The van der Waals surface area contributed by atoms with E-state index in [9.17, 15) is 21.6 Å². The third-order valence-corrected chi connectivity index (χ3v) is 7.72. The molecule has 0 aromatic heterocycles. The van der Waals surface area contributed by atoms with Gasteiger partial charge in [-0.2, -0.15) is 0 Å². The van der Waals surface area contributed by atoms with E-state index in [1.807, 2.05) is 4.90 Å². The monoisotopic (exact) mass is 532 g/mol. The van der Waals surface area contributed by atoms with Crippen molar-refractivity contribution in [3.8, 4) is 5.75 Å². The molecule has 0 unspecified atom stereocenters. The Kier molecular flexibility index (Phi) is 8.76. The summed E-state index contributed by atoms with van der Waals surface area (Å²) in [4.78, 5) is 2.09. The van der Waals surface area contributed by atoms with Crippen molar-refractivity contribution in [3.63, 3.8) is 0 Å². The summed E-state index contributed by atoms with van der Waals surface area (Å²) < 4.78 is 75.5. The van der Waals surface area contributed by atoms with Gasteiger partial charge in [0.1, 0.15) is 17.4 Å². The van der Waals surface area contributed by atoms with Crippen molar-refractivity contribution >= 4 is 15.7 Å². The Morgan fingerprint density at radius 1 is 0.919 bits per heavy atom. The van der Waals surface area contributed by atoms with Crippen LogP contribution in [0.1, 0.15) is 49.3 Å². The van der Waals surface area contributed by atoms with Crippen LogP contribution in [0.4, 0.5) is 18.9 Å². The molecule has 37 heavy (non-hydrogen) atoms. The van der Waals surface area contributed by atoms with E-state index >= 15 is 0 Å². The quantitative estimate of drug-likeness (QED) is 0.290. The lowest BCUT2D eigenvalue weighted by molar-refractivity contribution is 0.244. The van der Waals surface area contributed by atoms with Gasteiger partial charge in [-0.15, -0.1) is 0 Å². The minimum Gasteiger partial charge on any atom is -0.493 e. The highest BCUT2D eigenvalue weighted by molar-refractivity contribution is 7.92. The second kappa shape index (κ2) is 12.0. The number of rotatable bonds is 11. The minimum atomic E-state index is -4.01. The van der Waals surface area contributed by atoms with Crippen LogP contribution >= 0.6 is 0 Å². The molecule has 1 aliphatic heterocycles. The van der Waals surface area contributed by atoms with Gasteiger partial charge in [-0.1, -0.05) is 32.3 Å². The van der Waals surface area contributed by atoms with E-state index in [0.29, 0.717) is 44.0 Å². The average molecular weight is 533 g/mol. The van der Waals surface area contributed by atoms with Crippen molar-refractivity contribution in [3.05, 3.63) is 88.7 Å². The number of halogens is 3. The first-order valence-corrected chi connectivity index (χ1v) is 14.0. The zero-order valence-electron chi connectivity index (χ0n) is 20.8. The van der Waals surface area contributed by atoms with Gasteiger partial charge in [-0.25, -0.2) is 21.6 Å². The number of nitrogens with one attached hydrogen (secondary N) is 1. The number of ether oxygens (including phenoxy) is 1. The molecule has 3 aromatic carbocycles. The van der Waals surface area contributed by atoms with Crippen LogP contribution in [0.15, 0.2) is 59.5 Å². The smallest absolute Gasteiger partial charge is 0.261 e. The fourth-order valence-corrected chi connectivity index (χ4v) is 5.56. The van der Waals surface area contributed by atoms with Gasteiger partial charge in [0, 0.05) is 31.8 Å². The molecule has 4 rings (SSSR count). The van der Waals surface area contributed by atoms with E-state index in [-0.39, 0.29) is 10.6 Å². The predicted molar refractivity (Wildman–Crippen MR) is 137 cm³/mol. The molecule has 0 radical (unpaired) electrons. The van der Waals surface area contributed by atoms with E-state index in [1.54, 1.807) is 18.2 Å². The number of hydrogen-bond acceptors (Lipinski definition) is 4. The molecule has 0 atom stereocenters. The molecule has 198 valence electrons. The molecule has 1 heterocycles. The molecule has 0 aliphatic carbocycles. The molecule has 1 aliphatic rings. The molecule has 5 nitrogen and oxygen atoms in total. The van der Waals surface area contributed by atoms with E-state index in [4.69, 9.17) is 4.74 Å². The first-order valence-electron chi connectivity index (χ1n) is 12.5. The summed E-state index contributed by atoms with van der Waals surface area (Å²) in [7, 11) is -4.01. The van der Waals surface area contributed by atoms with Crippen molar-refractivity contribution in [2.45, 2.75) is 57.0 Å². The Morgan fingerprint density at radius 3 is 2.43 bits per heavy atom. The Labute approximate surface area is 216 Å². The van der Waals surface area contributed by atoms with E-state index < -0.39 is 27.5 Å². The molecule has 1 N–H and O–H groups in total. The van der Waals surface area contributed by atoms with E-state index in [1.165, 1.54) is 30.3 Å². The number of hydrogen-bond donors (Lipinski definition) is 1. The molecular weight excluding hydrogens is 501 g/mol. The third-order valence-electron chi connectivity index (χ3n) is 6.36. The van der Waals surface area contributed by atoms with Crippen LogP contribution in [0.5, 0.6) is 5.75 Å². The minimum absolute atomic E-state index is 0.0440. The van der Waals surface area contributed by atoms with Gasteiger partial charge in [-0.05, 0) is 65.9 Å². The predicted octanol–water partition coefficient (Wildman–Crippen LogP) is 6.42.